The van der Waals surface area contributed by atoms with Gasteiger partial charge < -0.3 is 4.90 Å². The van der Waals surface area contributed by atoms with E-state index in [1.54, 1.807) is 19.9 Å². The fourth-order valence-corrected chi connectivity index (χ4v) is 3.88. The smallest absolute Gasteiger partial charge is 0.261 e. The molecule has 1 aromatic rings. The van der Waals surface area contributed by atoms with Crippen LogP contribution in [0.5, 0.6) is 0 Å². The first-order valence-electron chi connectivity index (χ1n) is 8.04. The molecule has 4 nitrogen and oxygen atoms in total. The van der Waals surface area contributed by atoms with E-state index in [1.807, 2.05) is 6.07 Å². The van der Waals surface area contributed by atoms with E-state index >= 15 is 0 Å². The van der Waals surface area contributed by atoms with Gasteiger partial charge in [0.2, 0.25) is 6.17 Å². The summed E-state index contributed by atoms with van der Waals surface area (Å²) in [5.41, 5.74) is -1.38. The summed E-state index contributed by atoms with van der Waals surface area (Å²) in [5, 5.41) is 9.17. The Labute approximate surface area is 144 Å². The second-order valence-electron chi connectivity index (χ2n) is 7.50. The number of ketones is 1. The molecule has 1 fully saturated rings. The number of likely N-dealkylation sites (tertiary alicyclic amines) is 1. The maximum absolute atomic E-state index is 14.4. The molecule has 3 rings (SSSR count). The Kier molecular flexibility index (Phi) is 3.98. The maximum Gasteiger partial charge on any atom is 0.261 e. The van der Waals surface area contributed by atoms with Crippen LogP contribution in [-0.2, 0) is 9.59 Å². The Morgan fingerprint density at radius 3 is 2.56 bits per heavy atom. The summed E-state index contributed by atoms with van der Waals surface area (Å²) in [5.74, 6) is -1.76. The number of Topliss-reactive ketones (excluding diaryl/α,β-unsaturated/α-hetero) is 1. The van der Waals surface area contributed by atoms with Crippen molar-refractivity contribution in [3.63, 3.8) is 0 Å². The molecule has 0 N–H and O–H groups in total. The first-order valence-corrected chi connectivity index (χ1v) is 8.04. The van der Waals surface area contributed by atoms with Crippen molar-refractivity contribution in [2.75, 3.05) is 13.1 Å². The highest BCUT2D eigenvalue weighted by atomic mass is 19.1. The number of carbonyl (C=O) groups is 2. The lowest BCUT2D eigenvalue weighted by atomic mass is 9.61. The largest absolute Gasteiger partial charge is 0.338 e. The minimum Gasteiger partial charge on any atom is -0.338 e. The molecule has 1 aromatic carbocycles. The molecular weight excluding hydrogens is 326 g/mol. The molecule has 1 spiro atoms. The van der Waals surface area contributed by atoms with Crippen molar-refractivity contribution >= 4 is 11.7 Å². The van der Waals surface area contributed by atoms with Crippen molar-refractivity contribution < 1.29 is 18.4 Å². The summed E-state index contributed by atoms with van der Waals surface area (Å²) in [6, 6.07) is 7.20. The van der Waals surface area contributed by atoms with Gasteiger partial charge in [0.25, 0.3) is 5.91 Å². The van der Waals surface area contributed by atoms with Crippen molar-refractivity contribution in [2.45, 2.75) is 26.4 Å². The highest BCUT2D eigenvalue weighted by molar-refractivity contribution is 6.04. The third-order valence-corrected chi connectivity index (χ3v) is 4.94. The summed E-state index contributed by atoms with van der Waals surface area (Å²) in [6.07, 6.45) is 0.0433. The quantitative estimate of drug-likeness (QED) is 0.828. The van der Waals surface area contributed by atoms with Crippen molar-refractivity contribution in [3.05, 3.63) is 47.3 Å². The summed E-state index contributed by atoms with van der Waals surface area (Å²) < 4.78 is 28.1. The van der Waals surface area contributed by atoms with Crippen LogP contribution in [0.1, 0.15) is 32.0 Å². The SMILES string of the molecule is CC1(C)CC2(C=C(C#N)C1=O)CN(C(=O)C(F)c1ccccc1F)C2. The number of hydrogen-bond acceptors (Lipinski definition) is 3. The maximum atomic E-state index is 14.4. The number of nitriles is 1. The standard InChI is InChI=1S/C19H18F2N2O2/c1-18(2)9-19(7-12(8-22)16(18)24)10-23(11-19)17(25)15(21)13-5-3-4-6-14(13)20/h3-7,15H,9-11H2,1-2H3. The van der Waals surface area contributed by atoms with Gasteiger partial charge in [-0.05, 0) is 12.5 Å². The van der Waals surface area contributed by atoms with E-state index in [2.05, 4.69) is 0 Å². The molecule has 1 amide bonds. The minimum atomic E-state index is -2.06. The van der Waals surface area contributed by atoms with Gasteiger partial charge in [-0.2, -0.15) is 5.26 Å². The molecule has 0 aromatic heterocycles. The van der Waals surface area contributed by atoms with E-state index in [0.29, 0.717) is 6.42 Å². The molecule has 1 aliphatic carbocycles. The Morgan fingerprint density at radius 1 is 1.32 bits per heavy atom. The highest BCUT2D eigenvalue weighted by Gasteiger charge is 2.53. The van der Waals surface area contributed by atoms with Gasteiger partial charge in [0.15, 0.2) is 5.78 Å². The van der Waals surface area contributed by atoms with Crippen LogP contribution < -0.4 is 0 Å². The van der Waals surface area contributed by atoms with Gasteiger partial charge in [-0.25, -0.2) is 8.78 Å². The van der Waals surface area contributed by atoms with Crippen LogP contribution in [0.2, 0.25) is 0 Å². The normalized spacial score (nSPS) is 22.0. The zero-order valence-electron chi connectivity index (χ0n) is 14.1. The molecule has 0 saturated carbocycles. The lowest BCUT2D eigenvalue weighted by molar-refractivity contribution is -0.149. The zero-order valence-corrected chi connectivity index (χ0v) is 14.1. The van der Waals surface area contributed by atoms with Gasteiger partial charge in [-0.1, -0.05) is 38.1 Å². The predicted molar refractivity (Wildman–Crippen MR) is 86.4 cm³/mol. The van der Waals surface area contributed by atoms with Crippen molar-refractivity contribution in [1.29, 1.82) is 5.26 Å². The highest BCUT2D eigenvalue weighted by Crippen LogP contribution is 2.48. The van der Waals surface area contributed by atoms with Crippen LogP contribution in [0.3, 0.4) is 0 Å². The average molecular weight is 344 g/mol. The molecule has 1 saturated heterocycles. The Bertz CT molecular complexity index is 817. The number of nitrogens with zero attached hydrogens (tertiary/aromatic N) is 2. The van der Waals surface area contributed by atoms with Gasteiger partial charge in [0.05, 0.1) is 5.57 Å². The third kappa shape index (κ3) is 2.84. The van der Waals surface area contributed by atoms with E-state index in [9.17, 15) is 18.4 Å². The van der Waals surface area contributed by atoms with Gasteiger partial charge in [0.1, 0.15) is 11.9 Å². The molecule has 0 radical (unpaired) electrons. The zero-order chi connectivity index (χ0) is 18.4. The molecule has 130 valence electrons. The van der Waals surface area contributed by atoms with E-state index in [1.165, 1.54) is 23.1 Å². The van der Waals surface area contributed by atoms with Crippen molar-refractivity contribution in [3.8, 4) is 6.07 Å². The first kappa shape index (κ1) is 17.3. The Balaban J connectivity index is 1.77. The second kappa shape index (κ2) is 5.76. The van der Waals surface area contributed by atoms with Crippen molar-refractivity contribution in [1.82, 2.24) is 4.90 Å². The lowest BCUT2D eigenvalue weighted by Crippen LogP contribution is -2.61. The van der Waals surface area contributed by atoms with Crippen molar-refractivity contribution in [2.24, 2.45) is 10.8 Å². The second-order valence-corrected chi connectivity index (χ2v) is 7.50. The summed E-state index contributed by atoms with van der Waals surface area (Å²) in [7, 11) is 0. The lowest BCUT2D eigenvalue weighted by Gasteiger charge is -2.53. The number of hydrogen-bond donors (Lipinski definition) is 0. The number of benzene rings is 1. The third-order valence-electron chi connectivity index (χ3n) is 4.94. The van der Waals surface area contributed by atoms with Crippen LogP contribution in [0.15, 0.2) is 35.9 Å². The van der Waals surface area contributed by atoms with E-state index in [-0.39, 0.29) is 30.0 Å². The molecule has 1 unspecified atom stereocenters. The fourth-order valence-electron chi connectivity index (χ4n) is 3.88. The van der Waals surface area contributed by atoms with E-state index in [0.717, 1.165) is 6.07 Å². The fraction of sp³-hybridized carbons (Fsp3) is 0.421. The number of carbonyl (C=O) groups excluding carboxylic acids is 2. The molecular formula is C19H18F2N2O2. The van der Waals surface area contributed by atoms with Crippen LogP contribution in [0.4, 0.5) is 8.78 Å². The van der Waals surface area contributed by atoms with Gasteiger partial charge in [-0.3, -0.25) is 9.59 Å². The monoisotopic (exact) mass is 344 g/mol. The minimum absolute atomic E-state index is 0.0919. The van der Waals surface area contributed by atoms with E-state index < -0.39 is 28.7 Å². The molecule has 1 atom stereocenters. The molecule has 1 aliphatic heterocycles. The van der Waals surface area contributed by atoms with Gasteiger partial charge in [0, 0.05) is 29.5 Å². The molecule has 0 bridgehead atoms. The molecule has 25 heavy (non-hydrogen) atoms. The average Bonchev–Trinajstić information content (AvgIpc) is 2.54. The van der Waals surface area contributed by atoms with Crippen LogP contribution >= 0.6 is 0 Å². The van der Waals surface area contributed by atoms with Gasteiger partial charge >= 0.3 is 0 Å². The van der Waals surface area contributed by atoms with E-state index in [4.69, 9.17) is 5.26 Å². The molecule has 2 aliphatic rings. The number of alkyl halides is 1. The Hall–Kier alpha value is -2.55. The van der Waals surface area contributed by atoms with Crippen LogP contribution in [0.25, 0.3) is 0 Å². The molecule has 6 heteroatoms. The van der Waals surface area contributed by atoms with Gasteiger partial charge in [-0.15, -0.1) is 0 Å². The summed E-state index contributed by atoms with van der Waals surface area (Å²) >= 11 is 0. The first-order chi connectivity index (χ1) is 11.7. The summed E-state index contributed by atoms with van der Waals surface area (Å²) in [4.78, 5) is 25.8. The number of rotatable bonds is 2. The van der Waals surface area contributed by atoms with Crippen LogP contribution in [0, 0.1) is 28.0 Å². The number of amides is 1. The molecule has 1 heterocycles. The van der Waals surface area contributed by atoms with Crippen LogP contribution in [-0.4, -0.2) is 29.7 Å². The number of allylic oxidation sites excluding steroid dienone is 1. The Morgan fingerprint density at radius 2 is 1.96 bits per heavy atom. The topological polar surface area (TPSA) is 61.2 Å². The number of halogens is 2. The summed E-state index contributed by atoms with van der Waals surface area (Å²) in [6.45, 7) is 3.98. The predicted octanol–water partition coefficient (Wildman–Crippen LogP) is 3.11.